The predicted octanol–water partition coefficient (Wildman–Crippen LogP) is 7.19. The van der Waals surface area contributed by atoms with E-state index in [1.807, 2.05) is 18.2 Å². The molecule has 2 rings (SSSR count). The molecular weight excluding hydrogens is 421 g/mol. The molecule has 2 aromatic rings. The first-order chi connectivity index (χ1) is 10.00. The average molecular weight is 436 g/mol. The molecule has 2 aromatic carbocycles. The summed E-state index contributed by atoms with van der Waals surface area (Å²) >= 11 is 6.82. The van der Waals surface area contributed by atoms with E-state index in [9.17, 15) is 13.2 Å². The maximum Gasteiger partial charge on any atom is 0.416 e. The van der Waals surface area contributed by atoms with Crippen molar-refractivity contribution in [2.24, 2.45) is 0 Å². The van der Waals surface area contributed by atoms with Crippen molar-refractivity contribution < 1.29 is 13.2 Å². The van der Waals surface area contributed by atoms with Crippen molar-refractivity contribution in [1.29, 1.82) is 0 Å². The lowest BCUT2D eigenvalue weighted by atomic mass is 9.86. The SMILES string of the molecule is CC(C)(C)c1ccc(-c2cc(C(F)(F)F)ccc2Br)c(Br)c1. The molecule has 0 aliphatic rings. The Bertz CT molecular complexity index is 698. The van der Waals surface area contributed by atoms with Crippen LogP contribution in [0.25, 0.3) is 11.1 Å². The van der Waals surface area contributed by atoms with Crippen molar-refractivity contribution in [3.05, 3.63) is 56.5 Å². The number of alkyl halides is 3. The molecule has 22 heavy (non-hydrogen) atoms. The number of halogens is 5. The smallest absolute Gasteiger partial charge is 0.166 e. The lowest BCUT2D eigenvalue weighted by Crippen LogP contribution is -2.10. The quantitative estimate of drug-likeness (QED) is 0.444. The first kappa shape index (κ1) is 17.5. The summed E-state index contributed by atoms with van der Waals surface area (Å²) in [6.07, 6.45) is -4.35. The minimum atomic E-state index is -4.35. The van der Waals surface area contributed by atoms with E-state index in [4.69, 9.17) is 0 Å². The van der Waals surface area contributed by atoms with Crippen LogP contribution in [0.1, 0.15) is 31.9 Å². The van der Waals surface area contributed by atoms with E-state index in [0.717, 1.165) is 21.7 Å². The zero-order chi connectivity index (χ0) is 16.7. The first-order valence-corrected chi connectivity index (χ1v) is 8.26. The maximum absolute atomic E-state index is 12.9. The van der Waals surface area contributed by atoms with E-state index in [2.05, 4.69) is 52.6 Å². The van der Waals surface area contributed by atoms with E-state index in [1.165, 1.54) is 12.1 Å². The molecule has 0 fully saturated rings. The van der Waals surface area contributed by atoms with Gasteiger partial charge in [-0.1, -0.05) is 64.8 Å². The molecular formula is C17H15Br2F3. The van der Waals surface area contributed by atoms with Gasteiger partial charge in [-0.05, 0) is 46.4 Å². The van der Waals surface area contributed by atoms with Gasteiger partial charge in [0.25, 0.3) is 0 Å². The van der Waals surface area contributed by atoms with Crippen LogP contribution in [0.3, 0.4) is 0 Å². The van der Waals surface area contributed by atoms with Gasteiger partial charge in [0.2, 0.25) is 0 Å². The predicted molar refractivity (Wildman–Crippen MR) is 91.0 cm³/mol. The minimum Gasteiger partial charge on any atom is -0.166 e. The van der Waals surface area contributed by atoms with Crippen LogP contribution in [-0.2, 0) is 11.6 Å². The van der Waals surface area contributed by atoms with E-state index >= 15 is 0 Å². The lowest BCUT2D eigenvalue weighted by molar-refractivity contribution is -0.137. The molecule has 0 saturated carbocycles. The van der Waals surface area contributed by atoms with Crippen molar-refractivity contribution in [3.8, 4) is 11.1 Å². The van der Waals surface area contributed by atoms with Gasteiger partial charge in [0.1, 0.15) is 0 Å². The van der Waals surface area contributed by atoms with Crippen molar-refractivity contribution in [3.63, 3.8) is 0 Å². The number of benzene rings is 2. The average Bonchev–Trinajstić information content (AvgIpc) is 2.37. The Morgan fingerprint density at radius 3 is 1.82 bits per heavy atom. The molecule has 0 aliphatic carbocycles. The standard InChI is InChI=1S/C17H15Br2F3/c1-16(2,3)10-4-6-12(15(19)9-10)13-8-11(17(20,21)22)5-7-14(13)18/h4-9H,1-3H3. The topological polar surface area (TPSA) is 0 Å². The summed E-state index contributed by atoms with van der Waals surface area (Å²) in [6, 6.07) is 9.44. The molecule has 0 N–H and O–H groups in total. The molecule has 5 heteroatoms. The summed E-state index contributed by atoms with van der Waals surface area (Å²) in [4.78, 5) is 0. The molecule has 118 valence electrons. The van der Waals surface area contributed by atoms with Crippen LogP contribution >= 0.6 is 31.9 Å². The fraction of sp³-hybridized carbons (Fsp3) is 0.294. The summed E-state index contributed by atoms with van der Waals surface area (Å²) < 4.78 is 40.1. The van der Waals surface area contributed by atoms with Crippen LogP contribution in [0.4, 0.5) is 13.2 Å². The zero-order valence-corrected chi connectivity index (χ0v) is 15.5. The van der Waals surface area contributed by atoms with Crippen molar-refractivity contribution in [2.45, 2.75) is 32.4 Å². The van der Waals surface area contributed by atoms with E-state index < -0.39 is 11.7 Å². The highest BCUT2D eigenvalue weighted by molar-refractivity contribution is 9.11. The molecule has 0 radical (unpaired) electrons. The Hall–Kier alpha value is -0.810. The van der Waals surface area contributed by atoms with Gasteiger partial charge < -0.3 is 0 Å². The van der Waals surface area contributed by atoms with E-state index in [1.54, 1.807) is 0 Å². The Balaban J connectivity index is 2.57. The molecule has 0 nitrogen and oxygen atoms in total. The van der Waals surface area contributed by atoms with Crippen LogP contribution in [0.2, 0.25) is 0 Å². The normalized spacial score (nSPS) is 12.5. The second-order valence-electron chi connectivity index (χ2n) is 6.14. The number of rotatable bonds is 1. The molecule has 0 heterocycles. The number of hydrogen-bond acceptors (Lipinski definition) is 0. The lowest BCUT2D eigenvalue weighted by Gasteiger charge is -2.20. The molecule has 0 amide bonds. The third kappa shape index (κ3) is 3.74. The minimum absolute atomic E-state index is 0.0217. The fourth-order valence-electron chi connectivity index (χ4n) is 2.11. The second-order valence-corrected chi connectivity index (χ2v) is 7.85. The van der Waals surface area contributed by atoms with Gasteiger partial charge in [-0.2, -0.15) is 13.2 Å². The number of hydrogen-bond donors (Lipinski definition) is 0. The van der Waals surface area contributed by atoms with Crippen LogP contribution in [0.5, 0.6) is 0 Å². The monoisotopic (exact) mass is 434 g/mol. The Kier molecular flexibility index (Phi) is 4.79. The summed E-state index contributed by atoms with van der Waals surface area (Å²) in [5.74, 6) is 0. The summed E-state index contributed by atoms with van der Waals surface area (Å²) in [5, 5.41) is 0. The Morgan fingerprint density at radius 1 is 0.727 bits per heavy atom. The van der Waals surface area contributed by atoms with Gasteiger partial charge in [0.05, 0.1) is 5.56 Å². The van der Waals surface area contributed by atoms with Crippen molar-refractivity contribution in [1.82, 2.24) is 0 Å². The molecule has 0 saturated heterocycles. The second kappa shape index (κ2) is 6.00. The van der Waals surface area contributed by atoms with Crippen LogP contribution in [-0.4, -0.2) is 0 Å². The van der Waals surface area contributed by atoms with Gasteiger partial charge in [-0.15, -0.1) is 0 Å². The fourth-order valence-corrected chi connectivity index (χ4v) is 3.16. The molecule has 0 aliphatic heterocycles. The molecule has 0 atom stereocenters. The van der Waals surface area contributed by atoms with Gasteiger partial charge >= 0.3 is 6.18 Å². The van der Waals surface area contributed by atoms with Crippen LogP contribution in [0.15, 0.2) is 45.3 Å². The third-order valence-corrected chi connectivity index (χ3v) is 4.77. The third-order valence-electron chi connectivity index (χ3n) is 3.42. The van der Waals surface area contributed by atoms with Gasteiger partial charge in [0, 0.05) is 8.95 Å². The van der Waals surface area contributed by atoms with Gasteiger partial charge in [-0.25, -0.2) is 0 Å². The highest BCUT2D eigenvalue weighted by Crippen LogP contribution is 2.39. The van der Waals surface area contributed by atoms with Crippen LogP contribution < -0.4 is 0 Å². The summed E-state index contributed by atoms with van der Waals surface area (Å²) in [6.45, 7) is 6.28. The Morgan fingerprint density at radius 2 is 1.32 bits per heavy atom. The van der Waals surface area contributed by atoms with Crippen molar-refractivity contribution in [2.75, 3.05) is 0 Å². The van der Waals surface area contributed by atoms with E-state index in [-0.39, 0.29) is 5.41 Å². The zero-order valence-electron chi connectivity index (χ0n) is 12.4. The first-order valence-electron chi connectivity index (χ1n) is 6.67. The molecule has 0 unspecified atom stereocenters. The highest BCUT2D eigenvalue weighted by Gasteiger charge is 2.31. The van der Waals surface area contributed by atoms with Gasteiger partial charge in [-0.3, -0.25) is 0 Å². The highest BCUT2D eigenvalue weighted by atomic mass is 79.9. The molecule has 0 aromatic heterocycles. The summed E-state index contributed by atoms with van der Waals surface area (Å²) in [7, 11) is 0. The maximum atomic E-state index is 12.9. The van der Waals surface area contributed by atoms with Crippen molar-refractivity contribution >= 4 is 31.9 Å². The molecule has 0 bridgehead atoms. The largest absolute Gasteiger partial charge is 0.416 e. The van der Waals surface area contributed by atoms with Crippen LogP contribution in [0, 0.1) is 0 Å². The van der Waals surface area contributed by atoms with E-state index in [0.29, 0.717) is 10.0 Å². The Labute approximate surface area is 145 Å². The van der Waals surface area contributed by atoms with Gasteiger partial charge in [0.15, 0.2) is 0 Å². The molecule has 0 spiro atoms. The summed E-state index contributed by atoms with van der Waals surface area (Å²) in [5.41, 5.74) is 1.68.